The molecule has 152 valence electrons. The number of hydrogen-bond donors (Lipinski definition) is 2. The standard InChI is InChI=1S/C19H17ClN2O7/c1-27-18(25)10-5-11(19(26)28-2)7-13(6-10)22-16(23)9-29-15-4-3-12(20)8-14(15)17(21)24/h3-8H,9H2,1-2H3,(H2,21,24)(H,22,23). The van der Waals surface area contributed by atoms with Crippen molar-refractivity contribution in [1.29, 1.82) is 0 Å². The second-order valence-corrected chi connectivity index (χ2v) is 6.06. The molecule has 0 unspecified atom stereocenters. The molecule has 2 aromatic rings. The summed E-state index contributed by atoms with van der Waals surface area (Å²) in [7, 11) is 2.36. The quantitative estimate of drug-likeness (QED) is 0.654. The van der Waals surface area contributed by atoms with Gasteiger partial charge in [0.1, 0.15) is 5.75 Å². The molecule has 0 aliphatic heterocycles. The molecule has 0 spiro atoms. The Hall–Kier alpha value is -3.59. The largest absolute Gasteiger partial charge is 0.483 e. The van der Waals surface area contributed by atoms with Gasteiger partial charge in [-0.05, 0) is 36.4 Å². The van der Waals surface area contributed by atoms with Gasteiger partial charge >= 0.3 is 11.9 Å². The van der Waals surface area contributed by atoms with Crippen LogP contribution >= 0.6 is 11.6 Å². The predicted molar refractivity (Wildman–Crippen MR) is 103 cm³/mol. The number of hydrogen-bond acceptors (Lipinski definition) is 7. The molecule has 0 atom stereocenters. The van der Waals surface area contributed by atoms with Crippen LogP contribution in [0.15, 0.2) is 36.4 Å². The first-order valence-corrected chi connectivity index (χ1v) is 8.46. The first kappa shape index (κ1) is 21.7. The molecule has 3 N–H and O–H groups in total. The van der Waals surface area contributed by atoms with E-state index in [2.05, 4.69) is 14.8 Å². The highest BCUT2D eigenvalue weighted by atomic mass is 35.5. The topological polar surface area (TPSA) is 134 Å². The fourth-order valence-electron chi connectivity index (χ4n) is 2.33. The third-order valence-electron chi connectivity index (χ3n) is 3.62. The van der Waals surface area contributed by atoms with Crippen molar-refractivity contribution in [3.63, 3.8) is 0 Å². The number of halogens is 1. The average Bonchev–Trinajstić information content (AvgIpc) is 2.71. The van der Waals surface area contributed by atoms with E-state index in [4.69, 9.17) is 22.1 Å². The highest BCUT2D eigenvalue weighted by molar-refractivity contribution is 6.31. The number of rotatable bonds is 7. The van der Waals surface area contributed by atoms with Crippen LogP contribution in [0.4, 0.5) is 5.69 Å². The van der Waals surface area contributed by atoms with Crippen LogP contribution in [0.3, 0.4) is 0 Å². The summed E-state index contributed by atoms with van der Waals surface area (Å²) in [6.07, 6.45) is 0. The minimum absolute atomic E-state index is 0.0194. The Morgan fingerprint density at radius 3 is 2.07 bits per heavy atom. The van der Waals surface area contributed by atoms with Crippen LogP contribution in [-0.2, 0) is 14.3 Å². The zero-order valence-corrected chi connectivity index (χ0v) is 16.2. The molecule has 0 radical (unpaired) electrons. The van der Waals surface area contributed by atoms with Crippen molar-refractivity contribution in [2.45, 2.75) is 0 Å². The van der Waals surface area contributed by atoms with Gasteiger partial charge in [0.2, 0.25) is 0 Å². The van der Waals surface area contributed by atoms with Crippen LogP contribution in [0, 0.1) is 0 Å². The molecule has 29 heavy (non-hydrogen) atoms. The summed E-state index contributed by atoms with van der Waals surface area (Å²) in [5.41, 5.74) is 5.51. The lowest BCUT2D eigenvalue weighted by atomic mass is 10.1. The van der Waals surface area contributed by atoms with Crippen molar-refractivity contribution in [1.82, 2.24) is 0 Å². The summed E-state index contributed by atoms with van der Waals surface area (Å²) in [6, 6.07) is 8.13. The molecule has 0 saturated carbocycles. The monoisotopic (exact) mass is 420 g/mol. The summed E-state index contributed by atoms with van der Waals surface area (Å²) in [4.78, 5) is 47.3. The summed E-state index contributed by atoms with van der Waals surface area (Å²) in [6.45, 7) is -0.474. The number of carbonyl (C=O) groups excluding carboxylic acids is 4. The number of benzene rings is 2. The number of methoxy groups -OCH3 is 2. The van der Waals surface area contributed by atoms with Gasteiger partial charge in [0, 0.05) is 10.7 Å². The third-order valence-corrected chi connectivity index (χ3v) is 3.86. The van der Waals surface area contributed by atoms with E-state index in [1.807, 2.05) is 0 Å². The summed E-state index contributed by atoms with van der Waals surface area (Å²) in [5.74, 6) is -2.70. The first-order chi connectivity index (χ1) is 13.7. The van der Waals surface area contributed by atoms with Gasteiger partial charge in [0.15, 0.2) is 6.61 Å². The molecule has 0 aliphatic rings. The van der Waals surface area contributed by atoms with Gasteiger partial charge in [-0.2, -0.15) is 0 Å². The minimum Gasteiger partial charge on any atom is -0.483 e. The molecule has 9 nitrogen and oxygen atoms in total. The van der Waals surface area contributed by atoms with Crippen molar-refractivity contribution in [3.8, 4) is 5.75 Å². The first-order valence-electron chi connectivity index (χ1n) is 8.09. The lowest BCUT2D eigenvalue weighted by Crippen LogP contribution is -2.22. The van der Waals surface area contributed by atoms with Gasteiger partial charge in [-0.3, -0.25) is 9.59 Å². The van der Waals surface area contributed by atoms with Gasteiger partial charge in [-0.1, -0.05) is 11.6 Å². The number of amides is 2. The number of nitrogens with two attached hydrogens (primary N) is 1. The molecular formula is C19H17ClN2O7. The molecule has 0 bridgehead atoms. The van der Waals surface area contributed by atoms with E-state index in [0.29, 0.717) is 0 Å². The van der Waals surface area contributed by atoms with Crippen LogP contribution in [-0.4, -0.2) is 44.6 Å². The molecule has 0 heterocycles. The van der Waals surface area contributed by atoms with E-state index in [-0.39, 0.29) is 33.1 Å². The lowest BCUT2D eigenvalue weighted by molar-refractivity contribution is -0.118. The van der Waals surface area contributed by atoms with Gasteiger partial charge in [0.05, 0.1) is 30.9 Å². The lowest BCUT2D eigenvalue weighted by Gasteiger charge is -2.12. The highest BCUT2D eigenvalue weighted by Gasteiger charge is 2.16. The van der Waals surface area contributed by atoms with E-state index < -0.39 is 30.4 Å². The summed E-state index contributed by atoms with van der Waals surface area (Å²) < 4.78 is 14.6. The summed E-state index contributed by atoms with van der Waals surface area (Å²) in [5, 5.41) is 2.77. The Kier molecular flexibility index (Phi) is 7.15. The van der Waals surface area contributed by atoms with E-state index in [1.54, 1.807) is 0 Å². The van der Waals surface area contributed by atoms with Gasteiger partial charge < -0.3 is 25.3 Å². The van der Waals surface area contributed by atoms with Crippen LogP contribution in [0.25, 0.3) is 0 Å². The predicted octanol–water partition coefficient (Wildman–Crippen LogP) is 2.03. The maximum atomic E-state index is 12.2. The van der Waals surface area contributed by atoms with Crippen molar-refractivity contribution < 1.29 is 33.4 Å². The molecule has 2 rings (SSSR count). The Balaban J connectivity index is 2.17. The molecule has 2 amide bonds. The van der Waals surface area contributed by atoms with E-state index in [9.17, 15) is 19.2 Å². The zero-order chi connectivity index (χ0) is 21.6. The Bertz CT molecular complexity index is 941. The number of carbonyl (C=O) groups is 4. The Labute approximate surface area is 170 Å². The van der Waals surface area contributed by atoms with Crippen LogP contribution in [0.2, 0.25) is 5.02 Å². The SMILES string of the molecule is COC(=O)c1cc(NC(=O)COc2ccc(Cl)cc2C(N)=O)cc(C(=O)OC)c1. The number of ether oxygens (including phenoxy) is 3. The summed E-state index contributed by atoms with van der Waals surface area (Å²) >= 11 is 5.82. The molecule has 0 aromatic heterocycles. The highest BCUT2D eigenvalue weighted by Crippen LogP contribution is 2.23. The molecule has 0 aliphatic carbocycles. The van der Waals surface area contributed by atoms with E-state index in [0.717, 1.165) is 0 Å². The number of esters is 2. The van der Waals surface area contributed by atoms with Crippen LogP contribution < -0.4 is 15.8 Å². The maximum absolute atomic E-state index is 12.2. The number of nitrogens with one attached hydrogen (secondary N) is 1. The second-order valence-electron chi connectivity index (χ2n) is 5.62. The van der Waals surface area contributed by atoms with E-state index >= 15 is 0 Å². The van der Waals surface area contributed by atoms with Gasteiger partial charge in [0.25, 0.3) is 11.8 Å². The van der Waals surface area contributed by atoms with Gasteiger partial charge in [-0.25, -0.2) is 9.59 Å². The van der Waals surface area contributed by atoms with Gasteiger partial charge in [-0.15, -0.1) is 0 Å². The van der Waals surface area contributed by atoms with Crippen LogP contribution in [0.1, 0.15) is 31.1 Å². The molecular weight excluding hydrogens is 404 g/mol. The normalized spacial score (nSPS) is 10.0. The average molecular weight is 421 g/mol. The van der Waals surface area contributed by atoms with Crippen molar-refractivity contribution in [2.75, 3.05) is 26.1 Å². The van der Waals surface area contributed by atoms with E-state index in [1.165, 1.54) is 50.6 Å². The zero-order valence-electron chi connectivity index (χ0n) is 15.5. The second kappa shape index (κ2) is 9.56. The third kappa shape index (κ3) is 5.69. The Morgan fingerprint density at radius 1 is 0.966 bits per heavy atom. The molecule has 2 aromatic carbocycles. The maximum Gasteiger partial charge on any atom is 0.337 e. The fraction of sp³-hybridized carbons (Fsp3) is 0.158. The van der Waals surface area contributed by atoms with Crippen LogP contribution in [0.5, 0.6) is 5.75 Å². The van der Waals surface area contributed by atoms with Crippen molar-refractivity contribution in [3.05, 3.63) is 58.1 Å². The molecule has 10 heteroatoms. The minimum atomic E-state index is -0.767. The molecule has 0 saturated heterocycles. The Morgan fingerprint density at radius 2 is 1.55 bits per heavy atom. The molecule has 0 fully saturated rings. The number of anilines is 1. The van der Waals surface area contributed by atoms with Crippen molar-refractivity contribution >= 4 is 41.0 Å². The van der Waals surface area contributed by atoms with Crippen molar-refractivity contribution in [2.24, 2.45) is 5.73 Å². The number of primary amides is 1. The smallest absolute Gasteiger partial charge is 0.337 e. The fourth-order valence-corrected chi connectivity index (χ4v) is 2.50.